The molecule has 0 saturated carbocycles. The molecule has 1 aromatic heterocycles. The topological polar surface area (TPSA) is 59.1 Å². The van der Waals surface area contributed by atoms with Crippen LogP contribution in [0.4, 0.5) is 0 Å². The quantitative estimate of drug-likeness (QED) is 0.682. The monoisotopic (exact) mass is 166 g/mol. The molecule has 1 rings (SSSR count). The van der Waals surface area contributed by atoms with E-state index in [-0.39, 0.29) is 6.04 Å². The molecule has 3 N–H and O–H groups in total. The lowest BCUT2D eigenvalue weighted by atomic mass is 10.0. The molecule has 0 spiro atoms. The van der Waals surface area contributed by atoms with E-state index in [2.05, 4.69) is 4.98 Å². The highest BCUT2D eigenvalue weighted by molar-refractivity contribution is 5.21. The average Bonchev–Trinajstić information content (AvgIpc) is 2.04. The van der Waals surface area contributed by atoms with E-state index < -0.39 is 6.10 Å². The molecule has 0 aromatic carbocycles. The molecule has 66 valence electrons. The van der Waals surface area contributed by atoms with Gasteiger partial charge in [0.15, 0.2) is 0 Å². The number of aliphatic hydroxyl groups excluding tert-OH is 1. The Morgan fingerprint density at radius 3 is 2.75 bits per heavy atom. The first-order valence-electron chi connectivity index (χ1n) is 3.98. The number of pyridine rings is 1. The van der Waals surface area contributed by atoms with Gasteiger partial charge in [-0.2, -0.15) is 0 Å². The van der Waals surface area contributed by atoms with Gasteiger partial charge in [0.05, 0.1) is 6.10 Å². The molecule has 2 atom stereocenters. The molecule has 0 fully saturated rings. The van der Waals surface area contributed by atoms with Crippen molar-refractivity contribution in [1.29, 1.82) is 0 Å². The molecule has 1 heterocycles. The van der Waals surface area contributed by atoms with Gasteiger partial charge in [-0.05, 0) is 19.9 Å². The lowest BCUT2D eigenvalue weighted by Gasteiger charge is -2.15. The minimum absolute atomic E-state index is 0.257. The van der Waals surface area contributed by atoms with Crippen molar-refractivity contribution in [3.05, 3.63) is 29.6 Å². The molecular weight excluding hydrogens is 152 g/mol. The smallest absolute Gasteiger partial charge is 0.0955 e. The van der Waals surface area contributed by atoms with Gasteiger partial charge in [-0.3, -0.25) is 4.98 Å². The number of rotatable bonds is 2. The molecule has 0 amide bonds. The van der Waals surface area contributed by atoms with Gasteiger partial charge in [0.2, 0.25) is 0 Å². The fraction of sp³-hybridized carbons (Fsp3) is 0.444. The van der Waals surface area contributed by atoms with Gasteiger partial charge in [0.25, 0.3) is 0 Å². The summed E-state index contributed by atoms with van der Waals surface area (Å²) in [6.45, 7) is 3.64. The predicted molar refractivity (Wildman–Crippen MR) is 47.6 cm³/mol. The first-order valence-corrected chi connectivity index (χ1v) is 3.98. The van der Waals surface area contributed by atoms with Crippen LogP contribution in [0.15, 0.2) is 18.3 Å². The van der Waals surface area contributed by atoms with Crippen LogP contribution in [0.1, 0.15) is 24.3 Å². The zero-order valence-corrected chi connectivity index (χ0v) is 7.36. The summed E-state index contributed by atoms with van der Waals surface area (Å²) in [7, 11) is 0. The highest BCUT2D eigenvalue weighted by Crippen LogP contribution is 2.17. The van der Waals surface area contributed by atoms with Gasteiger partial charge in [0, 0.05) is 23.5 Å². The summed E-state index contributed by atoms with van der Waals surface area (Å²) in [4.78, 5) is 4.07. The van der Waals surface area contributed by atoms with Gasteiger partial charge in [0.1, 0.15) is 0 Å². The normalized spacial score (nSPS) is 15.7. The van der Waals surface area contributed by atoms with E-state index in [0.717, 1.165) is 11.3 Å². The maximum Gasteiger partial charge on any atom is 0.0955 e. The minimum Gasteiger partial charge on any atom is -0.387 e. The number of aliphatic hydroxyl groups is 1. The molecule has 1 aromatic rings. The number of nitrogens with two attached hydrogens (primary N) is 1. The third-order valence-electron chi connectivity index (χ3n) is 1.86. The van der Waals surface area contributed by atoms with Crippen molar-refractivity contribution in [1.82, 2.24) is 4.98 Å². The molecule has 3 heteroatoms. The summed E-state index contributed by atoms with van der Waals surface area (Å²) in [5, 5.41) is 9.61. The Morgan fingerprint density at radius 1 is 1.58 bits per heavy atom. The van der Waals surface area contributed by atoms with Gasteiger partial charge >= 0.3 is 0 Å². The Morgan fingerprint density at radius 2 is 2.25 bits per heavy atom. The maximum absolute atomic E-state index is 9.61. The number of aryl methyl sites for hydroxylation is 1. The SMILES string of the molecule is Cc1ncccc1[C@H](O)[C@H](C)N. The van der Waals surface area contributed by atoms with Crippen LogP contribution in [0.2, 0.25) is 0 Å². The lowest BCUT2D eigenvalue weighted by molar-refractivity contribution is 0.152. The lowest BCUT2D eigenvalue weighted by Crippen LogP contribution is -2.25. The minimum atomic E-state index is -0.612. The van der Waals surface area contributed by atoms with Crippen LogP contribution in [0.25, 0.3) is 0 Å². The zero-order chi connectivity index (χ0) is 9.14. The summed E-state index contributed by atoms with van der Waals surface area (Å²) < 4.78 is 0. The van der Waals surface area contributed by atoms with Crippen molar-refractivity contribution in [2.24, 2.45) is 5.73 Å². The molecule has 0 saturated heterocycles. The van der Waals surface area contributed by atoms with Crippen molar-refractivity contribution in [3.8, 4) is 0 Å². The van der Waals surface area contributed by atoms with Gasteiger partial charge in [-0.15, -0.1) is 0 Å². The van der Waals surface area contributed by atoms with Gasteiger partial charge in [-0.1, -0.05) is 6.07 Å². The van der Waals surface area contributed by atoms with E-state index >= 15 is 0 Å². The molecule has 0 aliphatic carbocycles. The summed E-state index contributed by atoms with van der Waals surface area (Å²) in [5.74, 6) is 0. The Hall–Kier alpha value is -0.930. The van der Waals surface area contributed by atoms with Crippen LogP contribution in [0, 0.1) is 6.92 Å². The molecule has 0 unspecified atom stereocenters. The molecule has 0 aliphatic heterocycles. The van der Waals surface area contributed by atoms with Crippen molar-refractivity contribution in [2.75, 3.05) is 0 Å². The number of aromatic nitrogens is 1. The third-order valence-corrected chi connectivity index (χ3v) is 1.86. The van der Waals surface area contributed by atoms with Crippen molar-refractivity contribution >= 4 is 0 Å². The Labute approximate surface area is 72.2 Å². The van der Waals surface area contributed by atoms with Gasteiger partial charge in [-0.25, -0.2) is 0 Å². The second-order valence-electron chi connectivity index (χ2n) is 2.98. The van der Waals surface area contributed by atoms with E-state index in [1.807, 2.05) is 13.0 Å². The van der Waals surface area contributed by atoms with E-state index in [4.69, 9.17) is 5.73 Å². The van der Waals surface area contributed by atoms with Crippen molar-refractivity contribution in [3.63, 3.8) is 0 Å². The standard InChI is InChI=1S/C9H14N2O/c1-6(10)9(12)8-4-3-5-11-7(8)2/h3-6,9,12H,10H2,1-2H3/t6-,9+/m0/s1. The molecule has 3 nitrogen and oxygen atoms in total. The van der Waals surface area contributed by atoms with Crippen LogP contribution in [0.3, 0.4) is 0 Å². The van der Waals surface area contributed by atoms with Gasteiger partial charge < -0.3 is 10.8 Å². The first kappa shape index (κ1) is 9.16. The first-order chi connectivity index (χ1) is 5.63. The summed E-state index contributed by atoms with van der Waals surface area (Å²) in [6.07, 6.45) is 1.09. The van der Waals surface area contributed by atoms with E-state index in [9.17, 15) is 5.11 Å². The summed E-state index contributed by atoms with van der Waals surface area (Å²) >= 11 is 0. The second kappa shape index (κ2) is 3.65. The average molecular weight is 166 g/mol. The fourth-order valence-electron chi connectivity index (χ4n) is 1.09. The second-order valence-corrected chi connectivity index (χ2v) is 2.98. The fourth-order valence-corrected chi connectivity index (χ4v) is 1.09. The van der Waals surface area contributed by atoms with Crippen LogP contribution in [0.5, 0.6) is 0 Å². The number of hydrogen-bond donors (Lipinski definition) is 2. The molecule has 0 radical (unpaired) electrons. The van der Waals surface area contributed by atoms with E-state index in [1.165, 1.54) is 0 Å². The molecule has 0 aliphatic rings. The number of hydrogen-bond acceptors (Lipinski definition) is 3. The van der Waals surface area contributed by atoms with Crippen LogP contribution in [-0.4, -0.2) is 16.1 Å². The predicted octanol–water partition coefficient (Wildman–Crippen LogP) is 0.771. The van der Waals surface area contributed by atoms with Crippen LogP contribution < -0.4 is 5.73 Å². The Kier molecular flexibility index (Phi) is 2.78. The molecule has 12 heavy (non-hydrogen) atoms. The Bertz CT molecular complexity index is 260. The molecular formula is C9H14N2O. The highest BCUT2D eigenvalue weighted by atomic mass is 16.3. The zero-order valence-electron chi connectivity index (χ0n) is 7.36. The van der Waals surface area contributed by atoms with E-state index in [0.29, 0.717) is 0 Å². The molecule has 0 bridgehead atoms. The van der Waals surface area contributed by atoms with Crippen molar-refractivity contribution in [2.45, 2.75) is 26.0 Å². The van der Waals surface area contributed by atoms with Crippen LogP contribution in [-0.2, 0) is 0 Å². The van der Waals surface area contributed by atoms with Crippen LogP contribution >= 0.6 is 0 Å². The van der Waals surface area contributed by atoms with Crippen molar-refractivity contribution < 1.29 is 5.11 Å². The summed E-state index contributed by atoms with van der Waals surface area (Å²) in [5.41, 5.74) is 7.21. The van der Waals surface area contributed by atoms with E-state index in [1.54, 1.807) is 19.2 Å². The number of nitrogens with zero attached hydrogens (tertiary/aromatic N) is 1. The Balaban J connectivity index is 2.94. The maximum atomic E-state index is 9.61. The highest BCUT2D eigenvalue weighted by Gasteiger charge is 2.14. The third kappa shape index (κ3) is 1.81. The largest absolute Gasteiger partial charge is 0.387 e. The summed E-state index contributed by atoms with van der Waals surface area (Å²) in [6, 6.07) is 3.39.